The highest BCUT2D eigenvalue weighted by atomic mass is 16.2. The van der Waals surface area contributed by atoms with Crippen LogP contribution < -0.4 is 10.6 Å². The predicted molar refractivity (Wildman–Crippen MR) is 92.0 cm³/mol. The zero-order valence-electron chi connectivity index (χ0n) is 13.5. The van der Waals surface area contributed by atoms with Crippen LogP contribution in [0, 0.1) is 5.92 Å². The maximum atomic E-state index is 12.0. The molecular weight excluding hydrogens is 304 g/mol. The van der Waals surface area contributed by atoms with Crippen molar-refractivity contribution in [1.29, 1.82) is 0 Å². The molecule has 3 rings (SSSR count). The van der Waals surface area contributed by atoms with E-state index in [-0.39, 0.29) is 11.9 Å². The third kappa shape index (κ3) is 4.22. The van der Waals surface area contributed by atoms with E-state index < -0.39 is 0 Å². The number of carbonyl (C=O) groups excluding carboxylic acids is 1. The van der Waals surface area contributed by atoms with Crippen LogP contribution in [0.2, 0.25) is 0 Å². The molecule has 7 heteroatoms. The molecule has 2 aromatic heterocycles. The van der Waals surface area contributed by atoms with Gasteiger partial charge in [0.05, 0.1) is 23.8 Å². The molecule has 0 aliphatic heterocycles. The lowest BCUT2D eigenvalue weighted by atomic mass is 10.2. The molecule has 2 N–H and O–H groups in total. The fourth-order valence-corrected chi connectivity index (χ4v) is 2.34. The normalized spacial score (nSPS) is 11.9. The largest absolute Gasteiger partial charge is 0.338 e. The van der Waals surface area contributed by atoms with Gasteiger partial charge in [0.15, 0.2) is 0 Å². The summed E-state index contributed by atoms with van der Waals surface area (Å²) >= 11 is 0. The SMILES string of the molecule is C[C@H](CNC(=O)Nc1cnn(-c2ccccc2)c1)Cn1cccn1. The summed E-state index contributed by atoms with van der Waals surface area (Å²) in [5, 5.41) is 14.1. The number of nitrogens with one attached hydrogen (secondary N) is 2. The van der Waals surface area contributed by atoms with Gasteiger partial charge in [0.1, 0.15) is 0 Å². The zero-order valence-corrected chi connectivity index (χ0v) is 13.5. The Balaban J connectivity index is 1.47. The van der Waals surface area contributed by atoms with Crippen molar-refractivity contribution in [3.63, 3.8) is 0 Å². The van der Waals surface area contributed by atoms with Gasteiger partial charge in [-0.1, -0.05) is 25.1 Å². The van der Waals surface area contributed by atoms with Crippen molar-refractivity contribution in [2.75, 3.05) is 11.9 Å². The number of hydrogen-bond acceptors (Lipinski definition) is 3. The van der Waals surface area contributed by atoms with E-state index in [1.54, 1.807) is 23.3 Å². The Morgan fingerprint density at radius 3 is 2.79 bits per heavy atom. The molecule has 0 saturated carbocycles. The average Bonchev–Trinajstić information content (AvgIpc) is 3.26. The highest BCUT2D eigenvalue weighted by Crippen LogP contribution is 2.11. The molecule has 7 nitrogen and oxygen atoms in total. The molecule has 0 bridgehead atoms. The van der Waals surface area contributed by atoms with Crippen molar-refractivity contribution in [1.82, 2.24) is 24.9 Å². The Morgan fingerprint density at radius 1 is 1.21 bits per heavy atom. The van der Waals surface area contributed by atoms with Gasteiger partial charge in [0.25, 0.3) is 0 Å². The van der Waals surface area contributed by atoms with E-state index in [0.29, 0.717) is 12.2 Å². The molecule has 2 heterocycles. The third-order valence-electron chi connectivity index (χ3n) is 3.53. The highest BCUT2D eigenvalue weighted by molar-refractivity contribution is 5.88. The van der Waals surface area contributed by atoms with Crippen molar-refractivity contribution in [3.05, 3.63) is 61.2 Å². The van der Waals surface area contributed by atoms with Crippen LogP contribution in [0.5, 0.6) is 0 Å². The Morgan fingerprint density at radius 2 is 2.04 bits per heavy atom. The lowest BCUT2D eigenvalue weighted by Gasteiger charge is -2.12. The van der Waals surface area contributed by atoms with Gasteiger partial charge in [-0.15, -0.1) is 0 Å². The number of carbonyl (C=O) groups is 1. The van der Waals surface area contributed by atoms with Crippen molar-refractivity contribution in [3.8, 4) is 5.69 Å². The number of urea groups is 1. The summed E-state index contributed by atoms with van der Waals surface area (Å²) in [6.07, 6.45) is 7.06. The van der Waals surface area contributed by atoms with Gasteiger partial charge in [0, 0.05) is 25.5 Å². The van der Waals surface area contributed by atoms with Gasteiger partial charge in [-0.3, -0.25) is 4.68 Å². The van der Waals surface area contributed by atoms with Gasteiger partial charge in [-0.05, 0) is 24.1 Å². The fraction of sp³-hybridized carbons (Fsp3) is 0.235. The Kier molecular flexibility index (Phi) is 4.90. The van der Waals surface area contributed by atoms with Crippen LogP contribution >= 0.6 is 0 Å². The van der Waals surface area contributed by atoms with Gasteiger partial charge < -0.3 is 10.6 Å². The first-order chi connectivity index (χ1) is 11.7. The first-order valence-corrected chi connectivity index (χ1v) is 7.83. The van der Waals surface area contributed by atoms with E-state index in [1.807, 2.05) is 47.3 Å². The zero-order chi connectivity index (χ0) is 16.8. The number of aromatic nitrogens is 4. The molecule has 0 aliphatic rings. The predicted octanol–water partition coefficient (Wildman–Crippen LogP) is 2.53. The van der Waals surface area contributed by atoms with Crippen LogP contribution in [0.15, 0.2) is 61.2 Å². The van der Waals surface area contributed by atoms with Crippen LogP contribution in [0.1, 0.15) is 6.92 Å². The van der Waals surface area contributed by atoms with E-state index in [4.69, 9.17) is 0 Å². The van der Waals surface area contributed by atoms with E-state index in [1.165, 1.54) is 0 Å². The number of rotatable bonds is 6. The second kappa shape index (κ2) is 7.45. The van der Waals surface area contributed by atoms with Crippen LogP contribution in [0.3, 0.4) is 0 Å². The van der Waals surface area contributed by atoms with Crippen molar-refractivity contribution < 1.29 is 4.79 Å². The first kappa shape index (κ1) is 15.8. The molecular formula is C17H20N6O. The summed E-state index contributed by atoms with van der Waals surface area (Å²) < 4.78 is 3.57. The summed E-state index contributed by atoms with van der Waals surface area (Å²) in [6, 6.07) is 11.4. The quantitative estimate of drug-likeness (QED) is 0.731. The molecule has 124 valence electrons. The van der Waals surface area contributed by atoms with Gasteiger partial charge in [-0.25, -0.2) is 9.48 Å². The van der Waals surface area contributed by atoms with Gasteiger partial charge in [-0.2, -0.15) is 10.2 Å². The molecule has 0 radical (unpaired) electrons. The van der Waals surface area contributed by atoms with E-state index in [2.05, 4.69) is 27.8 Å². The molecule has 3 aromatic rings. The van der Waals surface area contributed by atoms with Gasteiger partial charge >= 0.3 is 6.03 Å². The average molecular weight is 324 g/mol. The van der Waals surface area contributed by atoms with Crippen LogP contribution in [0.25, 0.3) is 5.69 Å². The van der Waals surface area contributed by atoms with E-state index >= 15 is 0 Å². The third-order valence-corrected chi connectivity index (χ3v) is 3.53. The maximum absolute atomic E-state index is 12.0. The summed E-state index contributed by atoms with van der Waals surface area (Å²) in [5.41, 5.74) is 1.59. The molecule has 1 atom stereocenters. The Hall–Kier alpha value is -3.09. The van der Waals surface area contributed by atoms with Crippen molar-refractivity contribution in [2.24, 2.45) is 5.92 Å². The van der Waals surface area contributed by atoms with E-state index in [0.717, 1.165) is 12.2 Å². The fourth-order valence-electron chi connectivity index (χ4n) is 2.34. The first-order valence-electron chi connectivity index (χ1n) is 7.83. The second-order valence-electron chi connectivity index (χ2n) is 5.68. The minimum absolute atomic E-state index is 0.241. The van der Waals surface area contributed by atoms with Crippen LogP contribution in [0.4, 0.5) is 10.5 Å². The minimum atomic E-state index is -0.241. The molecule has 24 heavy (non-hydrogen) atoms. The van der Waals surface area contributed by atoms with Crippen LogP contribution in [-0.2, 0) is 6.54 Å². The van der Waals surface area contributed by atoms with Crippen molar-refractivity contribution in [2.45, 2.75) is 13.5 Å². The van der Waals surface area contributed by atoms with Gasteiger partial charge in [0.2, 0.25) is 0 Å². The number of nitrogens with zero attached hydrogens (tertiary/aromatic N) is 4. The number of anilines is 1. The molecule has 0 unspecified atom stereocenters. The second-order valence-corrected chi connectivity index (χ2v) is 5.68. The standard InChI is InChI=1S/C17H20N6O/c1-14(12-22-9-5-8-19-22)10-18-17(24)21-15-11-20-23(13-15)16-6-3-2-4-7-16/h2-9,11,13-14H,10,12H2,1H3,(H2,18,21,24)/t14-/m1/s1. The topological polar surface area (TPSA) is 76.8 Å². The Labute approximate surface area is 140 Å². The smallest absolute Gasteiger partial charge is 0.319 e. The monoisotopic (exact) mass is 324 g/mol. The lowest BCUT2D eigenvalue weighted by Crippen LogP contribution is -2.33. The molecule has 0 fully saturated rings. The summed E-state index contributed by atoms with van der Waals surface area (Å²) in [7, 11) is 0. The molecule has 0 aliphatic carbocycles. The van der Waals surface area contributed by atoms with Crippen LogP contribution in [-0.4, -0.2) is 32.1 Å². The molecule has 0 saturated heterocycles. The maximum Gasteiger partial charge on any atom is 0.319 e. The summed E-state index contributed by atoms with van der Waals surface area (Å²) in [5.74, 6) is 0.280. The minimum Gasteiger partial charge on any atom is -0.338 e. The Bertz CT molecular complexity index is 766. The molecule has 0 spiro atoms. The van der Waals surface area contributed by atoms with E-state index in [9.17, 15) is 4.79 Å². The molecule has 1 aromatic carbocycles. The number of hydrogen-bond donors (Lipinski definition) is 2. The summed E-state index contributed by atoms with van der Waals surface area (Å²) in [6.45, 7) is 3.40. The summed E-state index contributed by atoms with van der Waals surface area (Å²) in [4.78, 5) is 12.0. The molecule has 2 amide bonds. The van der Waals surface area contributed by atoms with Crippen molar-refractivity contribution >= 4 is 11.7 Å². The number of amides is 2. The lowest BCUT2D eigenvalue weighted by molar-refractivity contribution is 0.249. The number of benzene rings is 1. The highest BCUT2D eigenvalue weighted by Gasteiger charge is 2.08. The number of para-hydroxylation sites is 1.